The van der Waals surface area contributed by atoms with Gasteiger partial charge >= 0.3 is 0 Å². The number of aliphatic imine (C=N–C) groups is 2. The van der Waals surface area contributed by atoms with E-state index >= 15 is 0 Å². The van der Waals surface area contributed by atoms with E-state index < -0.39 is 0 Å². The number of ether oxygens (including phenoxy) is 2. The summed E-state index contributed by atoms with van der Waals surface area (Å²) >= 11 is 0. The number of aryl methyl sites for hydroxylation is 2. The van der Waals surface area contributed by atoms with Crippen LogP contribution in [0.4, 0.5) is 0 Å². The van der Waals surface area contributed by atoms with Gasteiger partial charge in [0.15, 0.2) is 0 Å². The Morgan fingerprint density at radius 1 is 1.05 bits per heavy atom. The van der Waals surface area contributed by atoms with Crippen LogP contribution in [0.25, 0.3) is 0 Å². The molecule has 1 aliphatic rings. The van der Waals surface area contributed by atoms with Crippen molar-refractivity contribution in [1.29, 1.82) is 0 Å². The minimum Gasteiger partial charge on any atom is -0.483 e. The van der Waals surface area contributed by atoms with Gasteiger partial charge in [0.05, 0.1) is 14.2 Å². The van der Waals surface area contributed by atoms with E-state index in [1.54, 1.807) is 14.2 Å². The highest BCUT2D eigenvalue weighted by molar-refractivity contribution is 5.94. The summed E-state index contributed by atoms with van der Waals surface area (Å²) in [6, 6.07) is 8.34. The molecule has 1 aromatic carbocycles. The van der Waals surface area contributed by atoms with Crippen LogP contribution >= 0.6 is 0 Å². The summed E-state index contributed by atoms with van der Waals surface area (Å²) in [5.74, 6) is 1.76. The maximum absolute atomic E-state index is 5.48. The minimum atomic E-state index is -0.0606. The number of hydrogen-bond donors (Lipinski definition) is 0. The Morgan fingerprint density at radius 3 is 2.32 bits per heavy atom. The first kappa shape index (κ1) is 16.5. The van der Waals surface area contributed by atoms with Crippen LogP contribution in [0.1, 0.15) is 31.4 Å². The van der Waals surface area contributed by atoms with E-state index in [0.717, 1.165) is 12.8 Å². The molecule has 2 rings (SSSR count). The lowest BCUT2D eigenvalue weighted by molar-refractivity contribution is 0.330. The third-order valence-corrected chi connectivity index (χ3v) is 4.09. The molecule has 0 saturated heterocycles. The van der Waals surface area contributed by atoms with Crippen molar-refractivity contribution in [3.05, 3.63) is 35.4 Å². The van der Waals surface area contributed by atoms with Gasteiger partial charge in [-0.3, -0.25) is 0 Å². The molecule has 1 heterocycles. The molecule has 0 N–H and O–H groups in total. The van der Waals surface area contributed by atoms with E-state index in [9.17, 15) is 0 Å². The lowest BCUT2D eigenvalue weighted by Gasteiger charge is -2.27. The Morgan fingerprint density at radius 2 is 1.73 bits per heavy atom. The van der Waals surface area contributed by atoms with Gasteiger partial charge in [-0.05, 0) is 36.8 Å². The van der Waals surface area contributed by atoms with Crippen LogP contribution in [0.3, 0.4) is 0 Å². The van der Waals surface area contributed by atoms with Gasteiger partial charge in [0.2, 0.25) is 11.8 Å². The number of methoxy groups -OCH3 is 2. The summed E-state index contributed by atoms with van der Waals surface area (Å²) in [6.07, 6.45) is 1.82. The van der Waals surface area contributed by atoms with Crippen LogP contribution in [0.15, 0.2) is 34.3 Å². The summed E-state index contributed by atoms with van der Waals surface area (Å²) in [5, 5.41) is 0. The van der Waals surface area contributed by atoms with Crippen LogP contribution in [0, 0.1) is 12.8 Å². The van der Waals surface area contributed by atoms with E-state index in [1.807, 2.05) is 0 Å². The highest BCUT2D eigenvalue weighted by Crippen LogP contribution is 2.21. The predicted octanol–water partition coefficient (Wildman–Crippen LogP) is 3.42. The molecule has 0 spiro atoms. The van der Waals surface area contributed by atoms with Crippen LogP contribution in [-0.4, -0.2) is 38.1 Å². The fourth-order valence-corrected chi connectivity index (χ4v) is 2.73. The van der Waals surface area contributed by atoms with Gasteiger partial charge in [-0.25, -0.2) is 9.98 Å². The van der Waals surface area contributed by atoms with E-state index in [0.29, 0.717) is 17.7 Å². The van der Waals surface area contributed by atoms with E-state index in [-0.39, 0.29) is 12.1 Å². The second-order valence-corrected chi connectivity index (χ2v) is 6.01. The highest BCUT2D eigenvalue weighted by atomic mass is 16.5. The normalized spacial score (nSPS) is 21.4. The van der Waals surface area contributed by atoms with Crippen LogP contribution in [0.5, 0.6) is 0 Å². The van der Waals surface area contributed by atoms with Crippen molar-refractivity contribution in [2.24, 2.45) is 15.9 Å². The minimum absolute atomic E-state index is 0.0466. The molecular weight excluding hydrogens is 276 g/mol. The molecule has 0 saturated carbocycles. The molecule has 0 radical (unpaired) electrons. The summed E-state index contributed by atoms with van der Waals surface area (Å²) in [7, 11) is 3.34. The zero-order valence-electron chi connectivity index (χ0n) is 14.2. The number of nitrogens with zero attached hydrogens (tertiary/aromatic N) is 2. The average molecular weight is 302 g/mol. The second-order valence-electron chi connectivity index (χ2n) is 6.01. The smallest absolute Gasteiger partial charge is 0.209 e. The lowest BCUT2D eigenvalue weighted by Crippen LogP contribution is -2.37. The zero-order chi connectivity index (χ0) is 16.1. The average Bonchev–Trinajstić information content (AvgIpc) is 2.53. The zero-order valence-corrected chi connectivity index (χ0v) is 14.2. The maximum Gasteiger partial charge on any atom is 0.209 e. The standard InChI is InChI=1S/C18H26N2O2/c1-12(2)16-18(22-5)19-15(17(20-16)21-4)11-10-14-9-7-6-8-13(14)3/h6-9,12,15-16H,10-11H2,1-5H3. The lowest BCUT2D eigenvalue weighted by atomic mass is 9.99. The molecule has 0 aromatic heterocycles. The summed E-state index contributed by atoms with van der Waals surface area (Å²) < 4.78 is 10.9. The van der Waals surface area contributed by atoms with Crippen LogP contribution in [-0.2, 0) is 15.9 Å². The first-order chi connectivity index (χ1) is 10.6. The molecule has 4 nitrogen and oxygen atoms in total. The quantitative estimate of drug-likeness (QED) is 0.855. The fraction of sp³-hybridized carbons (Fsp3) is 0.556. The summed E-state index contributed by atoms with van der Waals surface area (Å²) in [5.41, 5.74) is 2.66. The molecule has 120 valence electrons. The van der Waals surface area contributed by atoms with E-state index in [2.05, 4.69) is 45.0 Å². The third kappa shape index (κ3) is 3.67. The number of rotatable bonds is 4. The van der Waals surface area contributed by atoms with E-state index in [1.165, 1.54) is 11.1 Å². The maximum atomic E-state index is 5.48. The van der Waals surface area contributed by atoms with Crippen LogP contribution < -0.4 is 0 Å². The molecule has 4 heteroatoms. The van der Waals surface area contributed by atoms with E-state index in [4.69, 9.17) is 19.5 Å². The van der Waals surface area contributed by atoms with Gasteiger partial charge < -0.3 is 9.47 Å². The van der Waals surface area contributed by atoms with Gasteiger partial charge in [-0.1, -0.05) is 38.1 Å². The molecule has 0 amide bonds. The Hall–Kier alpha value is -1.84. The molecule has 0 aliphatic carbocycles. The Bertz CT molecular complexity index is 564. The van der Waals surface area contributed by atoms with Gasteiger partial charge in [-0.2, -0.15) is 0 Å². The SMILES string of the molecule is COC1=NC(C(C)C)C(OC)=NC1CCc1ccccc1C. The van der Waals surface area contributed by atoms with Crippen molar-refractivity contribution in [1.82, 2.24) is 0 Å². The molecule has 2 unspecified atom stereocenters. The molecular formula is C18H26N2O2. The largest absolute Gasteiger partial charge is 0.483 e. The number of benzene rings is 1. The summed E-state index contributed by atoms with van der Waals surface area (Å²) in [4.78, 5) is 9.45. The molecule has 0 bridgehead atoms. The van der Waals surface area contributed by atoms with Crippen molar-refractivity contribution < 1.29 is 9.47 Å². The Kier molecular flexibility index (Phi) is 5.58. The predicted molar refractivity (Wildman–Crippen MR) is 90.8 cm³/mol. The molecule has 1 aliphatic heterocycles. The molecule has 2 atom stereocenters. The van der Waals surface area contributed by atoms with Gasteiger partial charge in [0.1, 0.15) is 12.1 Å². The van der Waals surface area contributed by atoms with Crippen molar-refractivity contribution >= 4 is 11.8 Å². The Labute approximate surface area is 133 Å². The van der Waals surface area contributed by atoms with Crippen LogP contribution in [0.2, 0.25) is 0 Å². The molecule has 0 fully saturated rings. The first-order valence-corrected chi connectivity index (χ1v) is 7.84. The Balaban J connectivity index is 2.14. The molecule has 22 heavy (non-hydrogen) atoms. The van der Waals surface area contributed by atoms with Crippen molar-refractivity contribution in [2.45, 2.75) is 45.7 Å². The fourth-order valence-electron chi connectivity index (χ4n) is 2.73. The molecule has 1 aromatic rings. The second kappa shape index (κ2) is 7.43. The van der Waals surface area contributed by atoms with Crippen molar-refractivity contribution in [3.63, 3.8) is 0 Å². The third-order valence-electron chi connectivity index (χ3n) is 4.09. The van der Waals surface area contributed by atoms with Crippen molar-refractivity contribution in [3.8, 4) is 0 Å². The highest BCUT2D eigenvalue weighted by Gasteiger charge is 2.30. The topological polar surface area (TPSA) is 43.2 Å². The van der Waals surface area contributed by atoms with Gasteiger partial charge in [0, 0.05) is 0 Å². The number of hydrogen-bond acceptors (Lipinski definition) is 4. The van der Waals surface area contributed by atoms with Crippen molar-refractivity contribution in [2.75, 3.05) is 14.2 Å². The van der Waals surface area contributed by atoms with Gasteiger partial charge in [0.25, 0.3) is 0 Å². The monoisotopic (exact) mass is 302 g/mol. The summed E-state index contributed by atoms with van der Waals surface area (Å²) in [6.45, 7) is 6.37. The first-order valence-electron chi connectivity index (χ1n) is 7.84. The van der Waals surface area contributed by atoms with Gasteiger partial charge in [-0.15, -0.1) is 0 Å².